The van der Waals surface area contributed by atoms with Crippen molar-refractivity contribution >= 4 is 12.1 Å². The number of rotatable bonds is 11. The molecule has 0 saturated carbocycles. The Balaban J connectivity index is 2.94. The minimum atomic E-state index is -0.921. The Morgan fingerprint density at radius 3 is 2.40 bits per heavy atom. The Labute approximate surface area is 179 Å². The Bertz CT molecular complexity index is 734. The molecular formula is C23H34N2O5. The van der Waals surface area contributed by atoms with Gasteiger partial charge in [-0.2, -0.15) is 5.26 Å². The maximum atomic E-state index is 12.5. The monoisotopic (exact) mass is 418 g/mol. The van der Waals surface area contributed by atoms with Gasteiger partial charge in [0.1, 0.15) is 23.5 Å². The summed E-state index contributed by atoms with van der Waals surface area (Å²) in [4.78, 5) is 24.7. The molecule has 0 bridgehead atoms. The van der Waals surface area contributed by atoms with Crippen molar-refractivity contribution in [3.8, 4) is 11.8 Å². The molecule has 0 unspecified atom stereocenters. The number of alkyl carbamates (subject to hydrolysis) is 1. The maximum absolute atomic E-state index is 12.5. The number of unbranched alkanes of at least 4 members (excludes halogenated alkanes) is 2. The van der Waals surface area contributed by atoms with Gasteiger partial charge >= 0.3 is 12.1 Å². The minimum Gasteiger partial charge on any atom is -0.492 e. The minimum absolute atomic E-state index is 0.175. The number of hydrogen-bond acceptors (Lipinski definition) is 6. The Hall–Kier alpha value is -2.75. The van der Waals surface area contributed by atoms with E-state index in [2.05, 4.69) is 18.3 Å². The van der Waals surface area contributed by atoms with Crippen LogP contribution in [-0.4, -0.2) is 36.9 Å². The van der Waals surface area contributed by atoms with Crippen LogP contribution < -0.4 is 10.1 Å². The quantitative estimate of drug-likeness (QED) is 0.419. The van der Waals surface area contributed by atoms with Gasteiger partial charge in [-0.25, -0.2) is 9.59 Å². The molecule has 0 aliphatic carbocycles. The van der Waals surface area contributed by atoms with E-state index in [0.29, 0.717) is 23.5 Å². The highest BCUT2D eigenvalue weighted by Gasteiger charge is 2.26. The van der Waals surface area contributed by atoms with E-state index >= 15 is 0 Å². The molecule has 1 aromatic carbocycles. The van der Waals surface area contributed by atoms with Crippen molar-refractivity contribution in [1.82, 2.24) is 5.32 Å². The number of carbonyl (C=O) groups excluding carboxylic acids is 2. The number of amides is 1. The Morgan fingerprint density at radius 1 is 1.13 bits per heavy atom. The lowest BCUT2D eigenvalue weighted by atomic mass is 10.0. The second-order valence-corrected chi connectivity index (χ2v) is 8.07. The predicted octanol–water partition coefficient (Wildman–Crippen LogP) is 4.52. The molecule has 166 valence electrons. The number of nitrogens with one attached hydrogen (secondary N) is 1. The Morgan fingerprint density at radius 2 is 1.80 bits per heavy atom. The number of carbonyl (C=O) groups is 2. The number of nitrogens with zero attached hydrogens (tertiary/aromatic N) is 1. The first kappa shape index (κ1) is 25.3. The van der Waals surface area contributed by atoms with Crippen LogP contribution in [0, 0.1) is 11.3 Å². The summed E-state index contributed by atoms with van der Waals surface area (Å²) in [5, 5.41) is 12.0. The van der Waals surface area contributed by atoms with E-state index in [1.807, 2.05) is 6.92 Å². The third-order valence-electron chi connectivity index (χ3n) is 4.08. The predicted molar refractivity (Wildman–Crippen MR) is 114 cm³/mol. The van der Waals surface area contributed by atoms with Crippen LogP contribution in [0.4, 0.5) is 4.79 Å². The lowest BCUT2D eigenvalue weighted by molar-refractivity contribution is -0.146. The van der Waals surface area contributed by atoms with Crippen molar-refractivity contribution < 1.29 is 23.8 Å². The fourth-order valence-electron chi connectivity index (χ4n) is 2.54. The number of benzene rings is 1. The van der Waals surface area contributed by atoms with Crippen molar-refractivity contribution in [2.45, 2.75) is 78.4 Å². The van der Waals surface area contributed by atoms with Gasteiger partial charge in [0.25, 0.3) is 0 Å². The Kier molecular flexibility index (Phi) is 10.7. The number of ether oxygens (including phenoxy) is 3. The summed E-state index contributed by atoms with van der Waals surface area (Å²) in [7, 11) is 0. The molecule has 0 aliphatic rings. The van der Waals surface area contributed by atoms with Gasteiger partial charge in [-0.15, -0.1) is 0 Å². The van der Waals surface area contributed by atoms with Crippen molar-refractivity contribution in [1.29, 1.82) is 5.26 Å². The average Bonchev–Trinajstić information content (AvgIpc) is 2.67. The summed E-state index contributed by atoms with van der Waals surface area (Å²) in [5.74, 6) is -0.0204. The second-order valence-electron chi connectivity index (χ2n) is 8.07. The zero-order valence-corrected chi connectivity index (χ0v) is 18.7. The molecule has 7 heteroatoms. The van der Waals surface area contributed by atoms with Gasteiger partial charge in [0.05, 0.1) is 18.8 Å². The second kappa shape index (κ2) is 12.7. The van der Waals surface area contributed by atoms with Crippen LogP contribution in [0.15, 0.2) is 18.2 Å². The summed E-state index contributed by atoms with van der Waals surface area (Å²) >= 11 is 0. The van der Waals surface area contributed by atoms with Gasteiger partial charge < -0.3 is 19.5 Å². The summed E-state index contributed by atoms with van der Waals surface area (Å²) < 4.78 is 16.2. The van der Waals surface area contributed by atoms with Gasteiger partial charge in [0.2, 0.25) is 0 Å². The number of hydrogen-bond donors (Lipinski definition) is 1. The van der Waals surface area contributed by atoms with E-state index in [-0.39, 0.29) is 13.0 Å². The van der Waals surface area contributed by atoms with Gasteiger partial charge in [-0.1, -0.05) is 32.8 Å². The van der Waals surface area contributed by atoms with E-state index in [0.717, 1.165) is 25.7 Å². The van der Waals surface area contributed by atoms with Gasteiger partial charge in [-0.05, 0) is 51.3 Å². The third kappa shape index (κ3) is 9.64. The van der Waals surface area contributed by atoms with E-state index in [9.17, 15) is 14.9 Å². The molecule has 0 saturated heterocycles. The first-order valence-corrected chi connectivity index (χ1v) is 10.5. The largest absolute Gasteiger partial charge is 0.492 e. The van der Waals surface area contributed by atoms with Crippen LogP contribution in [0.5, 0.6) is 5.75 Å². The molecule has 0 aliphatic heterocycles. The molecule has 1 amide bonds. The number of nitriles is 1. The fraction of sp³-hybridized carbons (Fsp3) is 0.609. The molecule has 1 rings (SSSR count). The highest BCUT2D eigenvalue weighted by molar-refractivity contribution is 5.81. The molecule has 0 spiro atoms. The third-order valence-corrected chi connectivity index (χ3v) is 4.08. The van der Waals surface area contributed by atoms with E-state index in [1.165, 1.54) is 0 Å². The molecule has 1 atom stereocenters. The van der Waals surface area contributed by atoms with E-state index in [1.54, 1.807) is 39.0 Å². The van der Waals surface area contributed by atoms with Crippen LogP contribution in [0.3, 0.4) is 0 Å². The average molecular weight is 419 g/mol. The smallest absolute Gasteiger partial charge is 0.408 e. The van der Waals surface area contributed by atoms with E-state index < -0.39 is 23.7 Å². The topological polar surface area (TPSA) is 97.6 Å². The molecule has 30 heavy (non-hydrogen) atoms. The highest BCUT2D eigenvalue weighted by atomic mass is 16.6. The molecule has 1 aromatic rings. The summed E-state index contributed by atoms with van der Waals surface area (Å²) in [6.07, 6.45) is 3.01. The molecule has 7 nitrogen and oxygen atoms in total. The highest BCUT2D eigenvalue weighted by Crippen LogP contribution is 2.21. The van der Waals surface area contributed by atoms with Crippen LogP contribution in [-0.2, 0) is 20.7 Å². The molecule has 0 heterocycles. The lowest BCUT2D eigenvalue weighted by Crippen LogP contribution is -2.45. The normalized spacial score (nSPS) is 11.9. The standard InChI is InChI=1S/C23H34N2O5/c1-6-8-12-28-20-11-10-17(14-18(20)16-24)15-19(21(26)29-13-9-7-2)25-22(27)30-23(3,4)5/h10-11,14,19H,6-9,12-13,15H2,1-5H3,(H,25,27)/t19-/m0/s1. The molecule has 0 aromatic heterocycles. The van der Waals surface area contributed by atoms with Crippen molar-refractivity contribution in [3.05, 3.63) is 29.3 Å². The molecule has 0 fully saturated rings. The first-order chi connectivity index (χ1) is 14.2. The molecular weight excluding hydrogens is 384 g/mol. The zero-order chi connectivity index (χ0) is 22.6. The summed E-state index contributed by atoms with van der Waals surface area (Å²) in [5.41, 5.74) is 0.411. The maximum Gasteiger partial charge on any atom is 0.408 e. The number of esters is 1. The fourth-order valence-corrected chi connectivity index (χ4v) is 2.54. The van der Waals surface area contributed by atoms with Gasteiger partial charge in [-0.3, -0.25) is 0 Å². The van der Waals surface area contributed by atoms with Gasteiger partial charge in [0.15, 0.2) is 0 Å². The van der Waals surface area contributed by atoms with Crippen LogP contribution >= 0.6 is 0 Å². The van der Waals surface area contributed by atoms with Crippen LogP contribution in [0.25, 0.3) is 0 Å². The van der Waals surface area contributed by atoms with Crippen LogP contribution in [0.2, 0.25) is 0 Å². The van der Waals surface area contributed by atoms with Gasteiger partial charge in [0, 0.05) is 6.42 Å². The first-order valence-electron chi connectivity index (χ1n) is 10.5. The van der Waals surface area contributed by atoms with Crippen molar-refractivity contribution in [3.63, 3.8) is 0 Å². The van der Waals surface area contributed by atoms with Crippen molar-refractivity contribution in [2.75, 3.05) is 13.2 Å². The van der Waals surface area contributed by atoms with Crippen molar-refractivity contribution in [2.24, 2.45) is 0 Å². The lowest BCUT2D eigenvalue weighted by Gasteiger charge is -2.23. The summed E-state index contributed by atoms with van der Waals surface area (Å²) in [6, 6.07) is 6.38. The zero-order valence-electron chi connectivity index (χ0n) is 18.7. The van der Waals surface area contributed by atoms with Crippen LogP contribution in [0.1, 0.15) is 71.4 Å². The molecule has 0 radical (unpaired) electrons. The summed E-state index contributed by atoms with van der Waals surface area (Å²) in [6.45, 7) is 10.1. The SMILES string of the molecule is CCCCOC(=O)[C@H](Cc1ccc(OCCCC)c(C#N)c1)NC(=O)OC(C)(C)C. The molecule has 1 N–H and O–H groups in total. The van der Waals surface area contributed by atoms with E-state index in [4.69, 9.17) is 14.2 Å².